The van der Waals surface area contributed by atoms with Gasteiger partial charge >= 0.3 is 0 Å². The molecule has 5 nitrogen and oxygen atoms in total. The largest absolute Gasteiger partial charge is 0.352 e. The second-order valence-electron chi connectivity index (χ2n) is 4.93. The molecule has 0 aliphatic rings. The number of rotatable bonds is 5. The maximum Gasteiger partial charge on any atom is 0.243 e. The van der Waals surface area contributed by atoms with E-state index in [4.69, 9.17) is 11.6 Å². The normalized spacial score (nSPS) is 11.0. The van der Waals surface area contributed by atoms with E-state index >= 15 is 0 Å². The van der Waals surface area contributed by atoms with E-state index < -0.39 is 0 Å². The van der Waals surface area contributed by atoms with Crippen LogP contribution in [0.2, 0.25) is 5.02 Å². The van der Waals surface area contributed by atoms with Crippen molar-refractivity contribution >= 4 is 29.2 Å². The second-order valence-corrected chi connectivity index (χ2v) is 5.33. The Morgan fingerprint density at radius 3 is 2.50 bits per heavy atom. The predicted octanol–water partition coefficient (Wildman–Crippen LogP) is 2.78. The lowest BCUT2D eigenvalue weighted by atomic mass is 10.2. The molecule has 0 saturated carbocycles. The van der Waals surface area contributed by atoms with Crippen LogP contribution in [0.15, 0.2) is 53.5 Å². The van der Waals surface area contributed by atoms with Gasteiger partial charge in [-0.1, -0.05) is 29.8 Å². The van der Waals surface area contributed by atoms with Crippen molar-refractivity contribution in [2.45, 2.75) is 6.54 Å². The lowest BCUT2D eigenvalue weighted by molar-refractivity contribution is -0.115. The second kappa shape index (κ2) is 8.88. The van der Waals surface area contributed by atoms with Gasteiger partial charge in [-0.3, -0.25) is 9.79 Å². The molecule has 2 aromatic carbocycles. The van der Waals surface area contributed by atoms with Crippen LogP contribution < -0.4 is 16.0 Å². The summed E-state index contributed by atoms with van der Waals surface area (Å²) < 4.78 is 12.8. The highest BCUT2D eigenvalue weighted by Crippen LogP contribution is 2.14. The van der Waals surface area contributed by atoms with E-state index in [9.17, 15) is 9.18 Å². The van der Waals surface area contributed by atoms with Crippen molar-refractivity contribution in [1.82, 2.24) is 10.6 Å². The van der Waals surface area contributed by atoms with Gasteiger partial charge in [0.05, 0.1) is 6.54 Å². The van der Waals surface area contributed by atoms with Gasteiger partial charge in [0, 0.05) is 24.3 Å². The maximum atomic E-state index is 12.8. The Morgan fingerprint density at radius 2 is 1.83 bits per heavy atom. The van der Waals surface area contributed by atoms with Crippen LogP contribution in [-0.2, 0) is 11.3 Å². The van der Waals surface area contributed by atoms with Gasteiger partial charge < -0.3 is 16.0 Å². The van der Waals surface area contributed by atoms with E-state index in [1.807, 2.05) is 24.3 Å². The first-order valence-corrected chi connectivity index (χ1v) is 7.69. The van der Waals surface area contributed by atoms with Gasteiger partial charge in [0.2, 0.25) is 5.91 Å². The number of carbonyl (C=O) groups is 1. The van der Waals surface area contributed by atoms with Crippen LogP contribution >= 0.6 is 11.6 Å². The van der Waals surface area contributed by atoms with Crippen molar-refractivity contribution in [2.24, 2.45) is 4.99 Å². The third kappa shape index (κ3) is 5.55. The van der Waals surface area contributed by atoms with Gasteiger partial charge in [-0.2, -0.15) is 0 Å². The van der Waals surface area contributed by atoms with Gasteiger partial charge in [0.25, 0.3) is 0 Å². The van der Waals surface area contributed by atoms with Gasteiger partial charge in [-0.25, -0.2) is 4.39 Å². The van der Waals surface area contributed by atoms with Gasteiger partial charge in [0.15, 0.2) is 5.96 Å². The molecular weight excluding hydrogens is 331 g/mol. The van der Waals surface area contributed by atoms with Crippen molar-refractivity contribution in [3.8, 4) is 0 Å². The average Bonchev–Trinajstić information content (AvgIpc) is 2.58. The molecule has 1 amide bonds. The summed E-state index contributed by atoms with van der Waals surface area (Å²) in [6.45, 7) is 0.512. The molecule has 0 heterocycles. The molecule has 0 aliphatic heterocycles. The number of nitrogens with one attached hydrogen (secondary N) is 3. The molecule has 2 rings (SSSR count). The lowest BCUT2D eigenvalue weighted by Crippen LogP contribution is -2.41. The van der Waals surface area contributed by atoms with Gasteiger partial charge in [-0.05, 0) is 35.9 Å². The standard InChI is InChI=1S/C17H18ClFN4O/c1-20-17(21-10-12-4-2-3-5-15(12)18)22-11-16(24)23-14-8-6-13(19)7-9-14/h2-9H,10-11H2,1H3,(H,23,24)(H2,20,21,22). The van der Waals surface area contributed by atoms with Crippen molar-refractivity contribution in [2.75, 3.05) is 18.9 Å². The highest BCUT2D eigenvalue weighted by molar-refractivity contribution is 6.31. The Balaban J connectivity index is 1.79. The van der Waals surface area contributed by atoms with Gasteiger partial charge in [0.1, 0.15) is 5.82 Å². The molecule has 7 heteroatoms. The summed E-state index contributed by atoms with van der Waals surface area (Å²) in [6.07, 6.45) is 0. The number of hydrogen-bond acceptors (Lipinski definition) is 2. The summed E-state index contributed by atoms with van der Waals surface area (Å²) in [4.78, 5) is 15.9. The number of amides is 1. The van der Waals surface area contributed by atoms with Crippen LogP contribution in [0.3, 0.4) is 0 Å². The van der Waals surface area contributed by atoms with E-state index in [1.54, 1.807) is 7.05 Å². The number of benzene rings is 2. The number of guanidine groups is 1. The topological polar surface area (TPSA) is 65.5 Å². The zero-order valence-electron chi connectivity index (χ0n) is 13.1. The van der Waals surface area contributed by atoms with Crippen LogP contribution in [0.5, 0.6) is 0 Å². The molecule has 3 N–H and O–H groups in total. The molecule has 126 valence electrons. The molecule has 0 saturated heterocycles. The quantitative estimate of drug-likeness (QED) is 0.575. The fourth-order valence-corrected chi connectivity index (χ4v) is 2.15. The first-order valence-electron chi connectivity index (χ1n) is 7.32. The Bertz CT molecular complexity index is 719. The Labute approximate surface area is 144 Å². The first-order chi connectivity index (χ1) is 11.6. The smallest absolute Gasteiger partial charge is 0.243 e. The molecule has 0 spiro atoms. The predicted molar refractivity (Wildman–Crippen MR) is 94.7 cm³/mol. The molecule has 0 radical (unpaired) electrons. The minimum absolute atomic E-state index is 0.0274. The van der Waals surface area contributed by atoms with E-state index in [1.165, 1.54) is 24.3 Å². The average molecular weight is 349 g/mol. The SMILES string of the molecule is CN=C(NCC(=O)Nc1ccc(F)cc1)NCc1ccccc1Cl. The molecule has 0 bridgehead atoms. The van der Waals surface area contributed by atoms with Crippen molar-refractivity contribution in [3.05, 3.63) is 64.9 Å². The summed E-state index contributed by atoms with van der Waals surface area (Å²) in [5.41, 5.74) is 1.46. The molecular formula is C17H18ClFN4O. The number of hydrogen-bond donors (Lipinski definition) is 3. The minimum atomic E-state index is -0.352. The first kappa shape index (κ1) is 17.7. The Kier molecular flexibility index (Phi) is 6.57. The molecule has 0 fully saturated rings. The summed E-state index contributed by atoms with van der Waals surface area (Å²) in [6, 6.07) is 13.0. The summed E-state index contributed by atoms with van der Waals surface area (Å²) in [5.74, 6) is -0.137. The number of nitrogens with zero attached hydrogens (tertiary/aromatic N) is 1. The van der Waals surface area contributed by atoms with Crippen molar-refractivity contribution in [1.29, 1.82) is 0 Å². The zero-order valence-corrected chi connectivity index (χ0v) is 13.9. The fraction of sp³-hybridized carbons (Fsp3) is 0.176. The highest BCUT2D eigenvalue weighted by atomic mass is 35.5. The van der Waals surface area contributed by atoms with Crippen molar-refractivity contribution in [3.63, 3.8) is 0 Å². The van der Waals surface area contributed by atoms with E-state index in [0.29, 0.717) is 23.2 Å². The number of anilines is 1. The highest BCUT2D eigenvalue weighted by Gasteiger charge is 2.05. The van der Waals surface area contributed by atoms with E-state index in [2.05, 4.69) is 20.9 Å². The molecule has 24 heavy (non-hydrogen) atoms. The monoisotopic (exact) mass is 348 g/mol. The molecule has 2 aromatic rings. The van der Waals surface area contributed by atoms with Gasteiger partial charge in [-0.15, -0.1) is 0 Å². The summed E-state index contributed by atoms with van der Waals surface area (Å²) >= 11 is 6.09. The number of aliphatic imine (C=N–C) groups is 1. The summed E-state index contributed by atoms with van der Waals surface area (Å²) in [7, 11) is 1.61. The van der Waals surface area contributed by atoms with Crippen LogP contribution in [0.25, 0.3) is 0 Å². The minimum Gasteiger partial charge on any atom is -0.352 e. The van der Waals surface area contributed by atoms with Crippen LogP contribution in [-0.4, -0.2) is 25.5 Å². The number of halogens is 2. The van der Waals surface area contributed by atoms with Crippen LogP contribution in [0.4, 0.5) is 10.1 Å². The molecule has 0 aliphatic carbocycles. The molecule has 0 aromatic heterocycles. The molecule has 0 atom stereocenters. The number of carbonyl (C=O) groups excluding carboxylic acids is 1. The summed E-state index contributed by atoms with van der Waals surface area (Å²) in [5, 5.41) is 9.30. The zero-order chi connectivity index (χ0) is 17.4. The van der Waals surface area contributed by atoms with Crippen LogP contribution in [0, 0.1) is 5.82 Å². The molecule has 0 unspecified atom stereocenters. The van der Waals surface area contributed by atoms with Crippen molar-refractivity contribution < 1.29 is 9.18 Å². The van der Waals surface area contributed by atoms with Crippen LogP contribution in [0.1, 0.15) is 5.56 Å². The Hall–Kier alpha value is -2.60. The van der Waals surface area contributed by atoms with E-state index in [0.717, 1.165) is 5.56 Å². The lowest BCUT2D eigenvalue weighted by Gasteiger charge is -2.12. The maximum absolute atomic E-state index is 12.8. The fourth-order valence-electron chi connectivity index (χ4n) is 1.94. The Morgan fingerprint density at radius 1 is 1.12 bits per heavy atom. The third-order valence-electron chi connectivity index (χ3n) is 3.17. The van der Waals surface area contributed by atoms with E-state index in [-0.39, 0.29) is 18.3 Å². The third-order valence-corrected chi connectivity index (χ3v) is 3.54.